The molecule has 2 aromatic rings. The predicted molar refractivity (Wildman–Crippen MR) is 83.0 cm³/mol. The zero-order chi connectivity index (χ0) is 16.8. The number of carbonyl (C=O) groups is 2. The molecule has 0 aromatic heterocycles. The number of carbonyl (C=O) groups excluding carboxylic acids is 2. The zero-order valence-corrected chi connectivity index (χ0v) is 15.2. The molecule has 1 N–H and O–H groups in total. The fourth-order valence-corrected chi connectivity index (χ4v) is 1.84. The van der Waals surface area contributed by atoms with Gasteiger partial charge in [0.05, 0.1) is 11.7 Å². The van der Waals surface area contributed by atoms with Gasteiger partial charge in [-0.2, -0.15) is 10.4 Å². The van der Waals surface area contributed by atoms with Crippen molar-refractivity contribution in [3.05, 3.63) is 65.2 Å². The smallest absolute Gasteiger partial charge is 0.545 e. The number of Topliss-reactive ketones (excluding diaryl/α,β-unsaturated/α-hetero) is 1. The molecule has 0 heterocycles. The number of carboxylic acid groups (broad SMARTS) is 1. The SMILES string of the molecule is Cc1ccc(C(=O)C(C#N)=NNc2ccccc2C(=O)[O-])cc1.[Na+]. The van der Waals surface area contributed by atoms with Crippen LogP contribution in [0.15, 0.2) is 53.6 Å². The molecule has 0 unspecified atom stereocenters. The second kappa shape index (κ2) is 8.99. The summed E-state index contributed by atoms with van der Waals surface area (Å²) in [6, 6.07) is 14.3. The van der Waals surface area contributed by atoms with Crippen LogP contribution < -0.4 is 40.1 Å². The molecule has 24 heavy (non-hydrogen) atoms. The Labute approximate surface area is 161 Å². The molecule has 0 amide bonds. The summed E-state index contributed by atoms with van der Waals surface area (Å²) in [5.41, 5.74) is 3.39. The van der Waals surface area contributed by atoms with Gasteiger partial charge in [0.2, 0.25) is 11.5 Å². The minimum absolute atomic E-state index is 0. The number of hydrogen-bond donors (Lipinski definition) is 1. The molecule has 0 bridgehead atoms. The summed E-state index contributed by atoms with van der Waals surface area (Å²) in [6.45, 7) is 1.88. The zero-order valence-electron chi connectivity index (χ0n) is 13.2. The first-order chi connectivity index (χ1) is 11.0. The van der Waals surface area contributed by atoms with Crippen molar-refractivity contribution in [2.75, 3.05) is 5.43 Å². The second-order valence-electron chi connectivity index (χ2n) is 4.71. The molecule has 0 aliphatic heterocycles. The monoisotopic (exact) mass is 329 g/mol. The number of aromatic carboxylic acids is 1. The number of para-hydroxylation sites is 1. The van der Waals surface area contributed by atoms with E-state index in [-0.39, 0.29) is 46.5 Å². The van der Waals surface area contributed by atoms with Gasteiger partial charge in [-0.05, 0) is 13.0 Å². The maximum Gasteiger partial charge on any atom is 1.00 e. The van der Waals surface area contributed by atoms with E-state index in [0.717, 1.165) is 5.56 Å². The van der Waals surface area contributed by atoms with Crippen LogP contribution in [-0.4, -0.2) is 17.5 Å². The molecule has 0 aliphatic rings. The van der Waals surface area contributed by atoms with E-state index in [1.165, 1.54) is 18.2 Å². The summed E-state index contributed by atoms with van der Waals surface area (Å²) >= 11 is 0. The number of ketones is 1. The fraction of sp³-hybridized carbons (Fsp3) is 0.0588. The molecule has 7 heteroatoms. The summed E-state index contributed by atoms with van der Waals surface area (Å²) in [7, 11) is 0. The molecule has 0 aliphatic carbocycles. The topological polar surface area (TPSA) is 105 Å². The van der Waals surface area contributed by atoms with Crippen molar-refractivity contribution in [3.63, 3.8) is 0 Å². The van der Waals surface area contributed by atoms with Crippen molar-refractivity contribution < 1.29 is 44.3 Å². The van der Waals surface area contributed by atoms with E-state index in [0.29, 0.717) is 5.56 Å². The molecule has 0 radical (unpaired) electrons. The van der Waals surface area contributed by atoms with Crippen molar-refractivity contribution in [3.8, 4) is 6.07 Å². The fourth-order valence-electron chi connectivity index (χ4n) is 1.84. The largest absolute Gasteiger partial charge is 1.00 e. The molecule has 2 rings (SSSR count). The van der Waals surface area contributed by atoms with Crippen molar-refractivity contribution in [1.82, 2.24) is 0 Å². The summed E-state index contributed by atoms with van der Waals surface area (Å²) in [4.78, 5) is 23.2. The van der Waals surface area contributed by atoms with Crippen LogP contribution in [0.5, 0.6) is 0 Å². The van der Waals surface area contributed by atoms with E-state index in [9.17, 15) is 14.7 Å². The van der Waals surface area contributed by atoms with Crippen molar-refractivity contribution in [2.45, 2.75) is 6.92 Å². The number of nitriles is 1. The first kappa shape index (κ1) is 19.6. The molecular formula is C17H12N3NaO3. The molecule has 0 atom stereocenters. The molecule has 0 fully saturated rings. The van der Waals surface area contributed by atoms with Gasteiger partial charge in [0, 0.05) is 11.1 Å². The van der Waals surface area contributed by atoms with Gasteiger partial charge in [-0.3, -0.25) is 10.2 Å². The number of hydrogen-bond acceptors (Lipinski definition) is 6. The third-order valence-corrected chi connectivity index (χ3v) is 3.07. The van der Waals surface area contributed by atoms with Crippen LogP contribution in [0.4, 0.5) is 5.69 Å². The Kier molecular flexibility index (Phi) is 7.33. The summed E-state index contributed by atoms with van der Waals surface area (Å²) < 4.78 is 0. The summed E-state index contributed by atoms with van der Waals surface area (Å²) in [5.74, 6) is -1.93. The molecule has 0 spiro atoms. The minimum Gasteiger partial charge on any atom is -0.545 e. The van der Waals surface area contributed by atoms with Gasteiger partial charge in [-0.25, -0.2) is 0 Å². The van der Waals surface area contributed by atoms with Gasteiger partial charge in [0.1, 0.15) is 6.07 Å². The Balaban J connectivity index is 0.00000288. The van der Waals surface area contributed by atoms with Crippen molar-refractivity contribution in [1.29, 1.82) is 5.26 Å². The minimum atomic E-state index is -1.38. The van der Waals surface area contributed by atoms with E-state index < -0.39 is 11.8 Å². The first-order valence-electron chi connectivity index (χ1n) is 6.68. The van der Waals surface area contributed by atoms with Gasteiger partial charge < -0.3 is 9.90 Å². The van der Waals surface area contributed by atoms with E-state index >= 15 is 0 Å². The van der Waals surface area contributed by atoms with Crippen LogP contribution in [0, 0.1) is 18.3 Å². The van der Waals surface area contributed by atoms with Crippen LogP contribution in [0.3, 0.4) is 0 Å². The number of nitrogens with zero attached hydrogens (tertiary/aromatic N) is 2. The number of benzene rings is 2. The van der Waals surface area contributed by atoms with E-state index in [1.54, 1.807) is 36.4 Å². The van der Waals surface area contributed by atoms with Crippen LogP contribution in [0.2, 0.25) is 0 Å². The number of rotatable bonds is 5. The Bertz CT molecular complexity index is 824. The maximum absolute atomic E-state index is 12.2. The number of anilines is 1. The van der Waals surface area contributed by atoms with Gasteiger partial charge >= 0.3 is 29.6 Å². The average Bonchev–Trinajstić information content (AvgIpc) is 2.56. The van der Waals surface area contributed by atoms with Crippen molar-refractivity contribution >= 4 is 23.2 Å². The molecule has 2 aromatic carbocycles. The molecule has 6 nitrogen and oxygen atoms in total. The van der Waals surface area contributed by atoms with Crippen molar-refractivity contribution in [2.24, 2.45) is 5.10 Å². The molecular weight excluding hydrogens is 317 g/mol. The van der Waals surface area contributed by atoms with E-state index in [1.807, 2.05) is 6.92 Å². The Morgan fingerprint density at radius 2 is 1.75 bits per heavy atom. The van der Waals surface area contributed by atoms with Gasteiger partial charge in [-0.15, -0.1) is 0 Å². The van der Waals surface area contributed by atoms with E-state index in [4.69, 9.17) is 5.26 Å². The van der Waals surface area contributed by atoms with Gasteiger partial charge in [0.15, 0.2) is 0 Å². The number of nitrogens with one attached hydrogen (secondary N) is 1. The quantitative estimate of drug-likeness (QED) is 0.312. The second-order valence-corrected chi connectivity index (χ2v) is 4.71. The Hall–Kier alpha value is -2.46. The maximum atomic E-state index is 12.2. The van der Waals surface area contributed by atoms with Crippen LogP contribution in [0.1, 0.15) is 26.3 Å². The first-order valence-corrected chi connectivity index (χ1v) is 6.68. The Morgan fingerprint density at radius 1 is 1.12 bits per heavy atom. The molecule has 114 valence electrons. The number of carboxylic acids is 1. The van der Waals surface area contributed by atoms with Gasteiger partial charge in [-0.1, -0.05) is 48.0 Å². The third-order valence-electron chi connectivity index (χ3n) is 3.07. The molecule has 0 saturated carbocycles. The normalized spacial score (nSPS) is 10.2. The number of aryl methyl sites for hydroxylation is 1. The molecule has 0 saturated heterocycles. The van der Waals surface area contributed by atoms with Crippen LogP contribution in [0.25, 0.3) is 0 Å². The van der Waals surface area contributed by atoms with Gasteiger partial charge in [0.25, 0.3) is 0 Å². The summed E-state index contributed by atoms with van der Waals surface area (Å²) in [5, 5.41) is 23.8. The average molecular weight is 329 g/mol. The van der Waals surface area contributed by atoms with Crippen LogP contribution >= 0.6 is 0 Å². The third kappa shape index (κ3) is 4.77. The predicted octanol–water partition coefficient (Wildman–Crippen LogP) is -1.46. The number of hydrazone groups is 1. The van der Waals surface area contributed by atoms with E-state index in [2.05, 4.69) is 10.5 Å². The Morgan fingerprint density at radius 3 is 2.33 bits per heavy atom. The summed E-state index contributed by atoms with van der Waals surface area (Å²) in [6.07, 6.45) is 0. The standard InChI is InChI=1S/C17H13N3O3.Na/c1-11-6-8-12(9-7-11)16(21)15(10-18)20-19-14-5-3-2-4-13(14)17(22)23;/h2-9,19H,1H3,(H,22,23);/q;+1/p-1. The van der Waals surface area contributed by atoms with Crippen LogP contribution in [-0.2, 0) is 0 Å².